The first-order valence-corrected chi connectivity index (χ1v) is 11.1. The van der Waals surface area contributed by atoms with Crippen LogP contribution in [0.2, 0.25) is 0 Å². The molecule has 1 fully saturated rings. The molecule has 1 heterocycles. The van der Waals surface area contributed by atoms with Crippen LogP contribution < -0.4 is 4.74 Å². The lowest BCUT2D eigenvalue weighted by Gasteiger charge is -2.21. The summed E-state index contributed by atoms with van der Waals surface area (Å²) in [5.41, 5.74) is 1.61. The van der Waals surface area contributed by atoms with Gasteiger partial charge >= 0.3 is 5.97 Å². The van der Waals surface area contributed by atoms with Crippen molar-refractivity contribution < 1.29 is 18.7 Å². The summed E-state index contributed by atoms with van der Waals surface area (Å²) in [5, 5.41) is 5.30. The van der Waals surface area contributed by atoms with Crippen LogP contribution in [0.1, 0.15) is 44.9 Å². The summed E-state index contributed by atoms with van der Waals surface area (Å²) < 4.78 is 27.0. The van der Waals surface area contributed by atoms with Crippen molar-refractivity contribution in [2.24, 2.45) is 5.92 Å². The summed E-state index contributed by atoms with van der Waals surface area (Å²) in [5.74, 6) is 0.677. The largest absolute Gasteiger partial charge is 0.494 e. The summed E-state index contributed by atoms with van der Waals surface area (Å²) >= 11 is 0. The van der Waals surface area contributed by atoms with Gasteiger partial charge in [0.15, 0.2) is 0 Å². The van der Waals surface area contributed by atoms with E-state index in [-0.39, 0.29) is 12.4 Å². The molecule has 164 valence electrons. The zero-order valence-corrected chi connectivity index (χ0v) is 18.0. The zero-order chi connectivity index (χ0) is 21.6. The fourth-order valence-electron chi connectivity index (χ4n) is 4.45. The Balaban J connectivity index is 1.51. The number of methoxy groups -OCH3 is 1. The van der Waals surface area contributed by atoms with Crippen LogP contribution in [0.15, 0.2) is 42.5 Å². The quantitative estimate of drug-likeness (QED) is 0.341. The molecular weight excluding hydrogens is 395 g/mol. The second-order valence-electron chi connectivity index (χ2n) is 8.24. The number of hydrogen-bond donors (Lipinski definition) is 0. The van der Waals surface area contributed by atoms with Crippen LogP contribution in [-0.4, -0.2) is 29.5 Å². The summed E-state index contributed by atoms with van der Waals surface area (Å²) in [4.78, 5) is 11.8. The van der Waals surface area contributed by atoms with E-state index in [2.05, 4.69) is 5.10 Å². The van der Waals surface area contributed by atoms with Crippen molar-refractivity contribution in [1.29, 1.82) is 0 Å². The first-order chi connectivity index (χ1) is 15.2. The number of halogens is 1. The smallest absolute Gasteiger partial charge is 0.327 e. The molecule has 6 heteroatoms. The van der Waals surface area contributed by atoms with Gasteiger partial charge in [0.05, 0.1) is 19.2 Å². The van der Waals surface area contributed by atoms with E-state index in [0.29, 0.717) is 23.6 Å². The SMILES string of the molecule is COC(=O)Cn1nc(-c2cc(OCCCC3CCCCC3)ccc2F)c2ccccc21. The van der Waals surface area contributed by atoms with Crippen molar-refractivity contribution in [3.63, 3.8) is 0 Å². The lowest BCUT2D eigenvalue weighted by atomic mass is 9.86. The number of aromatic nitrogens is 2. The summed E-state index contributed by atoms with van der Waals surface area (Å²) in [7, 11) is 1.34. The number of nitrogens with zero attached hydrogens (tertiary/aromatic N) is 2. The highest BCUT2D eigenvalue weighted by Gasteiger charge is 2.18. The molecule has 0 unspecified atom stereocenters. The molecule has 31 heavy (non-hydrogen) atoms. The molecule has 2 aromatic carbocycles. The van der Waals surface area contributed by atoms with E-state index in [0.717, 1.165) is 23.2 Å². The Bertz CT molecular complexity index is 1040. The van der Waals surface area contributed by atoms with Gasteiger partial charge in [-0.05, 0) is 43.0 Å². The van der Waals surface area contributed by atoms with Gasteiger partial charge in [-0.15, -0.1) is 0 Å². The number of ether oxygens (including phenoxy) is 2. The molecule has 4 rings (SSSR count). The third kappa shape index (κ3) is 5.06. The van der Waals surface area contributed by atoms with Gasteiger partial charge in [-0.3, -0.25) is 9.48 Å². The predicted molar refractivity (Wildman–Crippen MR) is 118 cm³/mol. The van der Waals surface area contributed by atoms with Gasteiger partial charge in [-0.25, -0.2) is 4.39 Å². The third-order valence-corrected chi connectivity index (χ3v) is 6.11. The van der Waals surface area contributed by atoms with E-state index in [1.165, 1.54) is 51.7 Å². The van der Waals surface area contributed by atoms with Crippen LogP contribution in [-0.2, 0) is 16.1 Å². The van der Waals surface area contributed by atoms with Crippen molar-refractivity contribution in [3.8, 4) is 17.0 Å². The highest BCUT2D eigenvalue weighted by molar-refractivity contribution is 5.94. The van der Waals surface area contributed by atoms with Crippen LogP contribution in [0.25, 0.3) is 22.2 Å². The monoisotopic (exact) mass is 424 g/mol. The van der Waals surface area contributed by atoms with Crippen molar-refractivity contribution in [2.45, 2.75) is 51.5 Å². The van der Waals surface area contributed by atoms with E-state index in [4.69, 9.17) is 9.47 Å². The molecule has 0 radical (unpaired) electrons. The number of rotatable bonds is 8. The van der Waals surface area contributed by atoms with E-state index in [1.807, 2.05) is 24.3 Å². The molecule has 1 saturated carbocycles. The van der Waals surface area contributed by atoms with E-state index in [1.54, 1.807) is 16.8 Å². The maximum absolute atomic E-state index is 14.8. The maximum atomic E-state index is 14.8. The Morgan fingerprint density at radius 1 is 1.16 bits per heavy atom. The Morgan fingerprint density at radius 2 is 1.97 bits per heavy atom. The molecule has 0 amide bonds. The first kappa shape index (κ1) is 21.3. The van der Waals surface area contributed by atoms with Crippen molar-refractivity contribution in [2.75, 3.05) is 13.7 Å². The van der Waals surface area contributed by atoms with Crippen LogP contribution in [0.4, 0.5) is 4.39 Å². The molecular formula is C25H29FN2O3. The molecule has 1 aliphatic carbocycles. The standard InChI is InChI=1S/C25H29FN2O3/c1-30-24(29)17-28-23-12-6-5-11-20(23)25(27-28)21-16-19(13-14-22(21)26)31-15-7-10-18-8-3-2-4-9-18/h5-6,11-14,16,18H,2-4,7-10,15,17H2,1H3. The number of fused-ring (bicyclic) bond motifs is 1. The van der Waals surface area contributed by atoms with Crippen LogP contribution in [0.5, 0.6) is 5.75 Å². The zero-order valence-electron chi connectivity index (χ0n) is 18.0. The highest BCUT2D eigenvalue weighted by atomic mass is 19.1. The average molecular weight is 425 g/mol. The maximum Gasteiger partial charge on any atom is 0.327 e. The molecule has 5 nitrogen and oxygen atoms in total. The molecule has 3 aromatic rings. The fraction of sp³-hybridized carbons (Fsp3) is 0.440. The van der Waals surface area contributed by atoms with Crippen molar-refractivity contribution in [1.82, 2.24) is 9.78 Å². The number of esters is 1. The highest BCUT2D eigenvalue weighted by Crippen LogP contribution is 2.32. The number of hydrogen-bond acceptors (Lipinski definition) is 4. The molecule has 1 aromatic heterocycles. The predicted octanol–water partition coefficient (Wildman–Crippen LogP) is 5.75. The Labute approximate surface area is 182 Å². The van der Waals surface area contributed by atoms with Gasteiger partial charge in [0.1, 0.15) is 23.8 Å². The van der Waals surface area contributed by atoms with E-state index < -0.39 is 5.97 Å². The van der Waals surface area contributed by atoms with Gasteiger partial charge in [-0.1, -0.05) is 50.3 Å². The molecule has 0 atom stereocenters. The Kier molecular flexibility index (Phi) is 6.85. The number of carbonyl (C=O) groups excluding carboxylic acids is 1. The Hall–Kier alpha value is -2.89. The lowest BCUT2D eigenvalue weighted by Crippen LogP contribution is -2.12. The van der Waals surface area contributed by atoms with Crippen LogP contribution >= 0.6 is 0 Å². The van der Waals surface area contributed by atoms with Crippen LogP contribution in [0.3, 0.4) is 0 Å². The lowest BCUT2D eigenvalue weighted by molar-refractivity contribution is -0.141. The second-order valence-corrected chi connectivity index (χ2v) is 8.24. The average Bonchev–Trinajstić information content (AvgIpc) is 3.16. The summed E-state index contributed by atoms with van der Waals surface area (Å²) in [6.07, 6.45) is 8.94. The number of carbonyl (C=O) groups is 1. The third-order valence-electron chi connectivity index (χ3n) is 6.11. The second kappa shape index (κ2) is 9.94. The minimum absolute atomic E-state index is 0.0318. The first-order valence-electron chi connectivity index (χ1n) is 11.1. The topological polar surface area (TPSA) is 53.4 Å². The molecule has 0 saturated heterocycles. The van der Waals surface area contributed by atoms with Crippen molar-refractivity contribution in [3.05, 3.63) is 48.3 Å². The van der Waals surface area contributed by atoms with Gasteiger partial charge < -0.3 is 9.47 Å². The molecule has 0 spiro atoms. The molecule has 1 aliphatic rings. The minimum Gasteiger partial charge on any atom is -0.494 e. The normalized spacial score (nSPS) is 14.6. The minimum atomic E-state index is -0.407. The van der Waals surface area contributed by atoms with E-state index >= 15 is 0 Å². The number of para-hydroxylation sites is 1. The number of benzene rings is 2. The van der Waals surface area contributed by atoms with Gasteiger partial charge in [0.2, 0.25) is 0 Å². The molecule has 0 N–H and O–H groups in total. The molecule has 0 aliphatic heterocycles. The summed E-state index contributed by atoms with van der Waals surface area (Å²) in [6.45, 7) is 0.592. The van der Waals surface area contributed by atoms with E-state index in [9.17, 15) is 9.18 Å². The van der Waals surface area contributed by atoms with Gasteiger partial charge in [0.25, 0.3) is 0 Å². The van der Waals surface area contributed by atoms with Crippen LogP contribution in [0, 0.1) is 11.7 Å². The fourth-order valence-corrected chi connectivity index (χ4v) is 4.45. The summed E-state index contributed by atoms with van der Waals surface area (Å²) in [6, 6.07) is 12.3. The van der Waals surface area contributed by atoms with Gasteiger partial charge in [-0.2, -0.15) is 5.10 Å². The van der Waals surface area contributed by atoms with Gasteiger partial charge in [0, 0.05) is 10.9 Å². The molecule has 0 bridgehead atoms. The Morgan fingerprint density at radius 3 is 2.77 bits per heavy atom. The van der Waals surface area contributed by atoms with Crippen molar-refractivity contribution >= 4 is 16.9 Å².